The first-order valence-corrected chi connectivity index (χ1v) is 14.9. The number of rotatable bonds is 6. The molecule has 3 aromatic rings. The highest BCUT2D eigenvalue weighted by atomic mass is 28.4. The van der Waals surface area contributed by atoms with Gasteiger partial charge in [-0.25, -0.2) is 0 Å². The summed E-state index contributed by atoms with van der Waals surface area (Å²) in [5, 5.41) is 5.53. The molecule has 7 heteroatoms. The lowest BCUT2D eigenvalue weighted by atomic mass is 10.0. The van der Waals surface area contributed by atoms with Crippen molar-refractivity contribution >= 4 is 19.2 Å². The minimum absolute atomic E-state index is 0.113. The average Bonchev–Trinajstić information content (AvgIpc) is 3.23. The second-order valence-electron chi connectivity index (χ2n) is 11.1. The Bertz CT molecular complexity index is 1260. The molecule has 1 aliphatic rings. The van der Waals surface area contributed by atoms with Gasteiger partial charge in [0.15, 0.2) is 8.32 Å². The molecule has 0 spiro atoms. The van der Waals surface area contributed by atoms with Crippen molar-refractivity contribution in [1.82, 2.24) is 4.57 Å². The number of azide groups is 1. The largest absolute Gasteiger partial charge is 0.487 e. The van der Waals surface area contributed by atoms with E-state index in [-0.39, 0.29) is 11.1 Å². The number of hydrogen-bond acceptors (Lipinski definition) is 3. The molecule has 2 aromatic carbocycles. The molecule has 1 aromatic heterocycles. The second kappa shape index (κ2) is 8.80. The predicted octanol–water partition coefficient (Wildman–Crippen LogP) is 7.90. The van der Waals surface area contributed by atoms with Crippen LogP contribution in [0.25, 0.3) is 21.3 Å². The quantitative estimate of drug-likeness (QED) is 0.157. The number of fused-ring (bicyclic) bond motifs is 3. The highest BCUT2D eigenvalue weighted by Gasteiger charge is 2.41. The summed E-state index contributed by atoms with van der Waals surface area (Å²) in [7, 11) is -1.96. The highest BCUT2D eigenvalue weighted by molar-refractivity contribution is 6.74. The zero-order valence-electron chi connectivity index (χ0n) is 21.6. The summed E-state index contributed by atoms with van der Waals surface area (Å²) in [6.45, 7) is 18.7. The van der Waals surface area contributed by atoms with Crippen LogP contribution in [0.2, 0.25) is 18.1 Å². The van der Waals surface area contributed by atoms with E-state index in [1.54, 1.807) is 0 Å². The second-order valence-corrected chi connectivity index (χ2v) is 15.9. The fourth-order valence-corrected chi connectivity index (χ4v) is 5.74. The van der Waals surface area contributed by atoms with Gasteiger partial charge in [-0.05, 0) is 61.6 Å². The number of benzene rings is 2. The number of nitrogens with zero attached hydrogens (tertiary/aromatic N) is 4. The molecule has 0 bridgehead atoms. The van der Waals surface area contributed by atoms with Gasteiger partial charge in [0, 0.05) is 27.1 Å². The normalized spacial score (nSPS) is 18.1. The SMILES string of the molecule is Cc1cc(C)c(O[C@@H]2Cn3c(c(CO[Si](C)(C)C(C)(C)C)c4ccccc43)[C@H]2N=[N+]=[N-])c(C)c1. The predicted molar refractivity (Wildman–Crippen MR) is 141 cm³/mol. The Kier molecular flexibility index (Phi) is 6.32. The lowest BCUT2D eigenvalue weighted by Crippen LogP contribution is -2.40. The molecule has 2 atom stereocenters. The Labute approximate surface area is 203 Å². The first-order chi connectivity index (χ1) is 15.9. The molecule has 6 nitrogen and oxygen atoms in total. The Hall–Kier alpha value is -2.73. The molecule has 0 saturated carbocycles. The zero-order valence-corrected chi connectivity index (χ0v) is 22.6. The third-order valence-corrected chi connectivity index (χ3v) is 12.0. The van der Waals surface area contributed by atoms with Gasteiger partial charge in [0.2, 0.25) is 0 Å². The molecule has 4 rings (SSSR count). The fourth-order valence-electron chi connectivity index (χ4n) is 4.80. The van der Waals surface area contributed by atoms with E-state index in [9.17, 15) is 5.53 Å². The zero-order chi connectivity index (χ0) is 24.8. The molecular weight excluding hydrogens is 440 g/mol. The van der Waals surface area contributed by atoms with Crippen LogP contribution in [0.1, 0.15) is 54.8 Å². The molecule has 2 heterocycles. The lowest BCUT2D eigenvalue weighted by Gasteiger charge is -2.36. The molecule has 34 heavy (non-hydrogen) atoms. The first-order valence-electron chi connectivity index (χ1n) is 12.0. The van der Waals surface area contributed by atoms with Crippen molar-refractivity contribution in [2.45, 2.75) is 85.0 Å². The van der Waals surface area contributed by atoms with Crippen LogP contribution in [0, 0.1) is 20.8 Å². The van der Waals surface area contributed by atoms with Crippen molar-refractivity contribution in [1.29, 1.82) is 0 Å². The van der Waals surface area contributed by atoms with E-state index in [4.69, 9.17) is 9.16 Å². The molecule has 1 aliphatic heterocycles. The van der Waals surface area contributed by atoms with Crippen LogP contribution in [0.15, 0.2) is 41.5 Å². The third-order valence-electron chi connectivity index (χ3n) is 7.55. The molecule has 0 fully saturated rings. The number of ether oxygens (including phenoxy) is 1. The Morgan fingerprint density at radius 2 is 1.76 bits per heavy atom. The topological polar surface area (TPSA) is 72.2 Å². The lowest BCUT2D eigenvalue weighted by molar-refractivity contribution is 0.174. The monoisotopic (exact) mass is 476 g/mol. The van der Waals surface area contributed by atoms with Gasteiger partial charge in [0.25, 0.3) is 0 Å². The molecule has 180 valence electrons. The summed E-state index contributed by atoms with van der Waals surface area (Å²) in [5.41, 5.74) is 16.2. The molecule has 0 saturated heterocycles. The van der Waals surface area contributed by atoms with Crippen molar-refractivity contribution in [3.05, 3.63) is 74.8 Å². The van der Waals surface area contributed by atoms with Crippen molar-refractivity contribution in [2.75, 3.05) is 0 Å². The van der Waals surface area contributed by atoms with Crippen molar-refractivity contribution in [2.24, 2.45) is 5.11 Å². The number of aryl methyl sites for hydroxylation is 3. The molecule has 0 amide bonds. The van der Waals surface area contributed by atoms with E-state index in [0.717, 1.165) is 39.0 Å². The van der Waals surface area contributed by atoms with Crippen LogP contribution in [0.4, 0.5) is 0 Å². The summed E-state index contributed by atoms with van der Waals surface area (Å²) in [4.78, 5) is 3.23. The first kappa shape index (κ1) is 24.4. The maximum Gasteiger partial charge on any atom is 0.192 e. The molecule has 0 N–H and O–H groups in total. The molecule has 0 aliphatic carbocycles. The summed E-state index contributed by atoms with van der Waals surface area (Å²) in [6.07, 6.45) is -0.276. The van der Waals surface area contributed by atoms with Crippen molar-refractivity contribution in [3.8, 4) is 5.75 Å². The van der Waals surface area contributed by atoms with E-state index >= 15 is 0 Å². The van der Waals surface area contributed by atoms with E-state index in [1.165, 1.54) is 5.56 Å². The van der Waals surface area contributed by atoms with Gasteiger partial charge in [-0.1, -0.05) is 61.8 Å². The minimum atomic E-state index is -1.96. The van der Waals surface area contributed by atoms with Crippen LogP contribution < -0.4 is 4.74 Å². The summed E-state index contributed by atoms with van der Waals surface area (Å²) >= 11 is 0. The van der Waals surface area contributed by atoms with Crippen LogP contribution >= 0.6 is 0 Å². The van der Waals surface area contributed by atoms with E-state index in [2.05, 4.69) is 106 Å². The van der Waals surface area contributed by atoms with Crippen molar-refractivity contribution < 1.29 is 9.16 Å². The number of aromatic nitrogens is 1. The highest BCUT2D eigenvalue weighted by Crippen LogP contribution is 2.44. The van der Waals surface area contributed by atoms with Crippen LogP contribution in [0.3, 0.4) is 0 Å². The van der Waals surface area contributed by atoms with Crippen LogP contribution in [-0.4, -0.2) is 19.0 Å². The van der Waals surface area contributed by atoms with Crippen LogP contribution in [-0.2, 0) is 17.6 Å². The summed E-state index contributed by atoms with van der Waals surface area (Å²) < 4.78 is 15.5. The minimum Gasteiger partial charge on any atom is -0.487 e. The third kappa shape index (κ3) is 4.24. The molecule has 0 radical (unpaired) electrons. The number of hydrogen-bond donors (Lipinski definition) is 0. The molecular formula is C27H36N4O2Si. The van der Waals surface area contributed by atoms with Crippen LogP contribution in [0.5, 0.6) is 5.75 Å². The summed E-state index contributed by atoms with van der Waals surface area (Å²) in [5.74, 6) is 0.878. The van der Waals surface area contributed by atoms with Gasteiger partial charge >= 0.3 is 0 Å². The Balaban J connectivity index is 1.77. The van der Waals surface area contributed by atoms with E-state index in [0.29, 0.717) is 13.2 Å². The van der Waals surface area contributed by atoms with Gasteiger partial charge in [-0.3, -0.25) is 0 Å². The molecule has 0 unspecified atom stereocenters. The van der Waals surface area contributed by atoms with Gasteiger partial charge in [-0.15, -0.1) is 0 Å². The van der Waals surface area contributed by atoms with Gasteiger partial charge in [0.1, 0.15) is 17.9 Å². The van der Waals surface area contributed by atoms with E-state index < -0.39 is 14.4 Å². The average molecular weight is 477 g/mol. The maximum absolute atomic E-state index is 9.48. The van der Waals surface area contributed by atoms with Gasteiger partial charge in [0.05, 0.1) is 13.2 Å². The Morgan fingerprint density at radius 3 is 2.38 bits per heavy atom. The van der Waals surface area contributed by atoms with Gasteiger partial charge < -0.3 is 13.7 Å². The number of para-hydroxylation sites is 1. The van der Waals surface area contributed by atoms with Gasteiger partial charge in [-0.2, -0.15) is 0 Å². The summed E-state index contributed by atoms with van der Waals surface area (Å²) in [6, 6.07) is 12.2. The van der Waals surface area contributed by atoms with E-state index in [1.807, 2.05) is 0 Å². The van der Waals surface area contributed by atoms with Crippen molar-refractivity contribution in [3.63, 3.8) is 0 Å². The smallest absolute Gasteiger partial charge is 0.192 e. The maximum atomic E-state index is 9.48. The standard InChI is InChI=1S/C27H36N4O2Si/c1-17-13-18(2)26(19(3)14-17)33-23-15-31-22-12-10-9-11-20(22)21(25(31)24(23)29-30-28)16-32-34(7,8)27(4,5)6/h9-14,23-24H,15-16H2,1-8H3/t23-,24+/m1/s1. The fraction of sp³-hybridized carbons (Fsp3) is 0.481. The Morgan fingerprint density at radius 1 is 1.12 bits per heavy atom.